The Bertz CT molecular complexity index is 450. The van der Waals surface area contributed by atoms with Gasteiger partial charge < -0.3 is 4.74 Å². The van der Waals surface area contributed by atoms with E-state index < -0.39 is 6.00 Å². The molecule has 1 saturated carbocycles. The van der Waals surface area contributed by atoms with E-state index in [1.165, 1.54) is 44.1 Å². The van der Waals surface area contributed by atoms with E-state index in [-0.39, 0.29) is 0 Å². The summed E-state index contributed by atoms with van der Waals surface area (Å²) in [5, 5.41) is 0. The number of benzene rings is 1. The summed E-state index contributed by atoms with van der Waals surface area (Å²) in [6.07, 6.45) is 8.96. The molecule has 1 aromatic rings. The Morgan fingerprint density at radius 2 is 1.70 bits per heavy atom. The van der Waals surface area contributed by atoms with Gasteiger partial charge in [0, 0.05) is 0 Å². The van der Waals surface area contributed by atoms with Gasteiger partial charge in [-0.15, -0.1) is 33.2 Å². The molecule has 0 unspecified atom stereocenters. The molecular weight excluding hydrogens is 367 g/mol. The Balaban J connectivity index is 1.74. The molecule has 0 spiro atoms. The Kier molecular flexibility index (Phi) is 8.07. The maximum absolute atomic E-state index is 5.87. The molecule has 5 heteroatoms. The molecule has 0 aliphatic heterocycles. The van der Waals surface area contributed by atoms with Crippen molar-refractivity contribution in [2.24, 2.45) is 5.92 Å². The predicted molar refractivity (Wildman–Crippen MR) is 104 cm³/mol. The normalized spacial score (nSPS) is 22.1. The van der Waals surface area contributed by atoms with Crippen molar-refractivity contribution < 1.29 is 4.74 Å². The third-order valence-corrected chi connectivity index (χ3v) is 7.39. The van der Waals surface area contributed by atoms with E-state index in [1.807, 2.05) is 0 Å². The SMILES string of the molecule is CCCC1CCC(c2ccc(OCCC[Si](Cl)(Cl)Cl)cc2)CC1. The average Bonchev–Trinajstić information content (AvgIpc) is 2.52. The van der Waals surface area contributed by atoms with E-state index in [2.05, 4.69) is 31.2 Å². The van der Waals surface area contributed by atoms with Gasteiger partial charge in [-0.1, -0.05) is 31.9 Å². The van der Waals surface area contributed by atoms with Crippen molar-refractivity contribution in [3.05, 3.63) is 29.8 Å². The van der Waals surface area contributed by atoms with E-state index in [4.69, 9.17) is 38.0 Å². The van der Waals surface area contributed by atoms with Gasteiger partial charge in [-0.3, -0.25) is 0 Å². The molecular formula is C18H27Cl3OSi. The second-order valence-electron chi connectivity index (χ2n) is 6.64. The number of hydrogen-bond acceptors (Lipinski definition) is 1. The summed E-state index contributed by atoms with van der Waals surface area (Å²) in [5.74, 6) is 2.60. The summed E-state index contributed by atoms with van der Waals surface area (Å²) >= 11 is 17.6. The monoisotopic (exact) mass is 392 g/mol. The largest absolute Gasteiger partial charge is 0.494 e. The van der Waals surface area contributed by atoms with Gasteiger partial charge in [-0.25, -0.2) is 0 Å². The summed E-state index contributed by atoms with van der Waals surface area (Å²) in [7, 11) is 0. The molecule has 130 valence electrons. The van der Waals surface area contributed by atoms with Crippen LogP contribution in [0, 0.1) is 5.92 Å². The van der Waals surface area contributed by atoms with Crippen molar-refractivity contribution in [1.29, 1.82) is 0 Å². The topological polar surface area (TPSA) is 9.23 Å². The lowest BCUT2D eigenvalue weighted by Crippen LogP contribution is -2.13. The standard InChI is InChI=1S/C18H27Cl3OSi/c1-2-4-15-5-7-16(8-6-15)17-9-11-18(12-10-17)22-13-3-14-23(19,20)21/h9-12,15-16H,2-8,13-14H2,1H3. The van der Waals surface area contributed by atoms with Gasteiger partial charge in [0.25, 0.3) is 0 Å². The highest BCUT2D eigenvalue weighted by Crippen LogP contribution is 2.37. The fraction of sp³-hybridized carbons (Fsp3) is 0.667. The van der Waals surface area contributed by atoms with Gasteiger partial charge >= 0.3 is 6.00 Å². The molecule has 0 N–H and O–H groups in total. The summed E-state index contributed by atoms with van der Waals surface area (Å²) in [6.45, 7) is 2.91. The van der Waals surface area contributed by atoms with Gasteiger partial charge in [0.1, 0.15) is 5.75 Å². The van der Waals surface area contributed by atoms with Crippen LogP contribution in [0.15, 0.2) is 24.3 Å². The van der Waals surface area contributed by atoms with Crippen LogP contribution in [0.25, 0.3) is 0 Å². The molecule has 0 atom stereocenters. The molecule has 1 nitrogen and oxygen atoms in total. The molecule has 0 amide bonds. The van der Waals surface area contributed by atoms with Crippen molar-refractivity contribution >= 4 is 39.2 Å². The van der Waals surface area contributed by atoms with Crippen LogP contribution < -0.4 is 4.74 Å². The first kappa shape index (κ1) is 19.4. The zero-order valence-electron chi connectivity index (χ0n) is 13.9. The van der Waals surface area contributed by atoms with E-state index in [9.17, 15) is 0 Å². The molecule has 2 rings (SSSR count). The van der Waals surface area contributed by atoms with Crippen LogP contribution >= 0.6 is 33.2 Å². The molecule has 1 aliphatic carbocycles. The third kappa shape index (κ3) is 7.25. The zero-order valence-corrected chi connectivity index (χ0v) is 17.1. The van der Waals surface area contributed by atoms with Gasteiger partial charge in [-0.05, 0) is 67.7 Å². The predicted octanol–water partition coefficient (Wildman–Crippen LogP) is 7.18. The molecule has 23 heavy (non-hydrogen) atoms. The van der Waals surface area contributed by atoms with Crippen LogP contribution in [0.1, 0.15) is 63.4 Å². The third-order valence-electron chi connectivity index (χ3n) is 4.77. The highest BCUT2D eigenvalue weighted by molar-refractivity contribution is 7.64. The maximum atomic E-state index is 5.87. The summed E-state index contributed by atoms with van der Waals surface area (Å²) in [4.78, 5) is 0. The number of halogens is 3. The average molecular weight is 394 g/mol. The van der Waals surface area contributed by atoms with E-state index in [0.29, 0.717) is 12.7 Å². The lowest BCUT2D eigenvalue weighted by Gasteiger charge is -2.28. The molecule has 0 saturated heterocycles. The quantitative estimate of drug-likeness (QED) is 0.258. The second-order valence-corrected chi connectivity index (χ2v) is 15.9. The van der Waals surface area contributed by atoms with Crippen LogP contribution in [0.2, 0.25) is 6.04 Å². The van der Waals surface area contributed by atoms with Crippen molar-refractivity contribution in [1.82, 2.24) is 0 Å². The molecule has 1 aromatic carbocycles. The molecule has 0 bridgehead atoms. The Labute approximate surface area is 155 Å². The van der Waals surface area contributed by atoms with Gasteiger partial charge in [-0.2, -0.15) is 0 Å². The summed E-state index contributed by atoms with van der Waals surface area (Å²) in [6, 6.07) is 6.77. The molecule has 0 heterocycles. The number of ether oxygens (including phenoxy) is 1. The summed E-state index contributed by atoms with van der Waals surface area (Å²) in [5.41, 5.74) is 1.46. The van der Waals surface area contributed by atoms with Crippen LogP contribution in [0.5, 0.6) is 5.75 Å². The lowest BCUT2D eigenvalue weighted by molar-refractivity contribution is 0.306. The van der Waals surface area contributed by atoms with Crippen LogP contribution in [0.3, 0.4) is 0 Å². The van der Waals surface area contributed by atoms with Crippen molar-refractivity contribution in [3.63, 3.8) is 0 Å². The number of rotatable bonds is 8. The van der Waals surface area contributed by atoms with Crippen molar-refractivity contribution in [2.75, 3.05) is 6.61 Å². The van der Waals surface area contributed by atoms with E-state index in [0.717, 1.165) is 24.0 Å². The highest BCUT2D eigenvalue weighted by atomic mass is 35.8. The van der Waals surface area contributed by atoms with Crippen molar-refractivity contribution in [2.45, 2.75) is 63.8 Å². The van der Waals surface area contributed by atoms with Crippen molar-refractivity contribution in [3.8, 4) is 5.75 Å². The smallest absolute Gasteiger partial charge is 0.341 e. The minimum atomic E-state index is -2.50. The first-order valence-corrected chi connectivity index (χ1v) is 14.0. The first-order valence-electron chi connectivity index (χ1n) is 8.77. The fourth-order valence-electron chi connectivity index (χ4n) is 3.49. The van der Waals surface area contributed by atoms with E-state index in [1.54, 1.807) is 0 Å². The minimum Gasteiger partial charge on any atom is -0.494 e. The fourth-order valence-corrected chi connectivity index (χ4v) is 5.24. The first-order chi connectivity index (χ1) is 11.0. The summed E-state index contributed by atoms with van der Waals surface area (Å²) < 4.78 is 5.74. The lowest BCUT2D eigenvalue weighted by atomic mass is 9.77. The number of hydrogen-bond donors (Lipinski definition) is 0. The molecule has 0 aromatic heterocycles. The zero-order chi connectivity index (χ0) is 16.7. The minimum absolute atomic E-state index is 0.613. The van der Waals surface area contributed by atoms with Crippen LogP contribution in [0.4, 0.5) is 0 Å². The van der Waals surface area contributed by atoms with Gasteiger partial charge in [0.05, 0.1) is 6.61 Å². The van der Waals surface area contributed by atoms with Gasteiger partial charge in [0.2, 0.25) is 0 Å². The Morgan fingerprint density at radius 1 is 1.04 bits per heavy atom. The Morgan fingerprint density at radius 3 is 2.26 bits per heavy atom. The van der Waals surface area contributed by atoms with Crippen LogP contribution in [-0.4, -0.2) is 12.6 Å². The molecule has 1 aliphatic rings. The second kappa shape index (κ2) is 9.55. The Hall–Kier alpha value is 0.107. The van der Waals surface area contributed by atoms with E-state index >= 15 is 0 Å². The molecule has 0 radical (unpaired) electrons. The highest BCUT2D eigenvalue weighted by Gasteiger charge is 2.24. The van der Waals surface area contributed by atoms with Crippen LogP contribution in [-0.2, 0) is 0 Å². The maximum Gasteiger partial charge on any atom is 0.341 e. The molecule has 1 fully saturated rings. The van der Waals surface area contributed by atoms with Gasteiger partial charge in [0.15, 0.2) is 0 Å².